The molecule has 3 rings (SSSR count). The molecule has 2 aromatic heterocycles. The Morgan fingerprint density at radius 1 is 1.38 bits per heavy atom. The Labute approximate surface area is 94.3 Å². The van der Waals surface area contributed by atoms with Crippen molar-refractivity contribution < 1.29 is 9.84 Å². The van der Waals surface area contributed by atoms with Crippen LogP contribution in [-0.4, -0.2) is 16.6 Å². The van der Waals surface area contributed by atoms with Crippen LogP contribution in [0, 0.1) is 0 Å². The first-order valence-corrected chi connectivity index (χ1v) is 5.60. The molecule has 1 saturated carbocycles. The number of ether oxygens (including phenoxy) is 1. The Morgan fingerprint density at radius 2 is 2.19 bits per heavy atom. The van der Waals surface area contributed by atoms with Gasteiger partial charge in [0.2, 0.25) is 0 Å². The summed E-state index contributed by atoms with van der Waals surface area (Å²) >= 11 is 0. The molecule has 0 amide bonds. The van der Waals surface area contributed by atoms with Gasteiger partial charge in [-0.25, -0.2) is 0 Å². The summed E-state index contributed by atoms with van der Waals surface area (Å²) in [5.41, 5.74) is 3.28. The van der Waals surface area contributed by atoms with Crippen LogP contribution < -0.4 is 0 Å². The Morgan fingerprint density at radius 3 is 2.88 bits per heavy atom. The fraction of sp³-hybridized carbons (Fsp3) is 0.385. The highest BCUT2D eigenvalue weighted by molar-refractivity contribution is 5.52. The maximum atomic E-state index is 9.59. The number of hydrogen-bond donors (Lipinski definition) is 1. The van der Waals surface area contributed by atoms with Gasteiger partial charge < -0.3 is 14.2 Å². The summed E-state index contributed by atoms with van der Waals surface area (Å²) in [5.74, 6) is 0.752. The summed E-state index contributed by atoms with van der Waals surface area (Å²) in [5, 5.41) is 9.59. The molecule has 1 atom stereocenters. The molecule has 3 nitrogen and oxygen atoms in total. The maximum Gasteiger partial charge on any atom is 0.182 e. The van der Waals surface area contributed by atoms with E-state index in [9.17, 15) is 5.11 Å². The lowest BCUT2D eigenvalue weighted by atomic mass is 10.2. The Balaban J connectivity index is 2.03. The third-order valence-electron chi connectivity index (χ3n) is 3.19. The van der Waals surface area contributed by atoms with E-state index >= 15 is 0 Å². The van der Waals surface area contributed by atoms with Crippen LogP contribution in [-0.2, 0) is 4.74 Å². The Hall–Kier alpha value is -1.32. The van der Waals surface area contributed by atoms with E-state index in [4.69, 9.17) is 4.74 Å². The van der Waals surface area contributed by atoms with E-state index in [0.29, 0.717) is 0 Å². The Bertz CT molecular complexity index is 514. The molecule has 0 aliphatic heterocycles. The lowest BCUT2D eigenvalue weighted by molar-refractivity contribution is -0.0768. The number of aliphatic hydroxyl groups excluding tert-OH is 1. The standard InChI is InChI=1S/C13H15NO2/c1-16-13(15)11-6-12-5-4-10(9-2-3-9)7-14(12)8-11/h4-9,13,15H,2-3H2,1H3. The van der Waals surface area contributed by atoms with Crippen molar-refractivity contribution >= 4 is 5.52 Å². The first kappa shape index (κ1) is 9.87. The van der Waals surface area contributed by atoms with Crippen LogP contribution in [0.4, 0.5) is 0 Å². The molecule has 0 saturated heterocycles. The van der Waals surface area contributed by atoms with Crippen molar-refractivity contribution in [3.8, 4) is 0 Å². The minimum atomic E-state index is -0.829. The van der Waals surface area contributed by atoms with Gasteiger partial charge in [-0.15, -0.1) is 0 Å². The number of aromatic nitrogens is 1. The zero-order valence-corrected chi connectivity index (χ0v) is 9.26. The molecule has 1 aliphatic rings. The van der Waals surface area contributed by atoms with E-state index in [-0.39, 0.29) is 0 Å². The van der Waals surface area contributed by atoms with Crippen molar-refractivity contribution in [2.24, 2.45) is 0 Å². The van der Waals surface area contributed by atoms with Crippen LogP contribution in [0.2, 0.25) is 0 Å². The first-order chi connectivity index (χ1) is 7.78. The highest BCUT2D eigenvalue weighted by Crippen LogP contribution is 2.40. The predicted molar refractivity (Wildman–Crippen MR) is 61.3 cm³/mol. The van der Waals surface area contributed by atoms with Crippen LogP contribution >= 0.6 is 0 Å². The number of aliphatic hydroxyl groups is 1. The maximum absolute atomic E-state index is 9.59. The summed E-state index contributed by atoms with van der Waals surface area (Å²) in [4.78, 5) is 0. The van der Waals surface area contributed by atoms with Crippen LogP contribution in [0.5, 0.6) is 0 Å². The lowest BCUT2D eigenvalue weighted by Crippen LogP contribution is -1.96. The van der Waals surface area contributed by atoms with E-state index in [1.165, 1.54) is 25.5 Å². The van der Waals surface area contributed by atoms with Gasteiger partial charge in [-0.05, 0) is 36.5 Å². The summed E-state index contributed by atoms with van der Waals surface area (Å²) < 4.78 is 6.96. The molecule has 0 aromatic carbocycles. The topological polar surface area (TPSA) is 33.9 Å². The predicted octanol–water partition coefficient (Wildman–Crippen LogP) is 2.45. The van der Waals surface area contributed by atoms with Gasteiger partial charge in [0.15, 0.2) is 6.29 Å². The van der Waals surface area contributed by atoms with Crippen molar-refractivity contribution in [3.63, 3.8) is 0 Å². The molecular formula is C13H15NO2. The number of rotatable bonds is 3. The monoisotopic (exact) mass is 217 g/mol. The van der Waals surface area contributed by atoms with Gasteiger partial charge in [0.1, 0.15) is 0 Å². The zero-order chi connectivity index (χ0) is 11.1. The van der Waals surface area contributed by atoms with Crippen molar-refractivity contribution in [3.05, 3.63) is 41.7 Å². The summed E-state index contributed by atoms with van der Waals surface area (Å²) in [7, 11) is 1.50. The molecule has 2 heterocycles. The number of fused-ring (bicyclic) bond motifs is 1. The quantitative estimate of drug-likeness (QED) is 0.801. The third kappa shape index (κ3) is 1.62. The van der Waals surface area contributed by atoms with Gasteiger partial charge in [0.25, 0.3) is 0 Å². The van der Waals surface area contributed by atoms with E-state index in [2.05, 4.69) is 22.7 Å². The van der Waals surface area contributed by atoms with Crippen molar-refractivity contribution in [1.82, 2.24) is 4.40 Å². The molecule has 16 heavy (non-hydrogen) atoms. The van der Waals surface area contributed by atoms with Crippen LogP contribution in [0.1, 0.15) is 36.2 Å². The van der Waals surface area contributed by atoms with E-state index in [1.807, 2.05) is 12.3 Å². The average molecular weight is 217 g/mol. The van der Waals surface area contributed by atoms with Gasteiger partial charge >= 0.3 is 0 Å². The molecule has 1 unspecified atom stereocenters. The minimum Gasteiger partial charge on any atom is -0.364 e. The smallest absolute Gasteiger partial charge is 0.182 e. The van der Waals surface area contributed by atoms with Gasteiger partial charge in [-0.2, -0.15) is 0 Å². The Kier molecular flexibility index (Phi) is 2.23. The summed E-state index contributed by atoms with van der Waals surface area (Å²) in [6.45, 7) is 0. The van der Waals surface area contributed by atoms with E-state index in [1.54, 1.807) is 0 Å². The molecule has 2 aromatic rings. The number of hydrogen-bond acceptors (Lipinski definition) is 2. The van der Waals surface area contributed by atoms with E-state index in [0.717, 1.165) is 17.0 Å². The van der Waals surface area contributed by atoms with Gasteiger partial charge in [0, 0.05) is 30.6 Å². The van der Waals surface area contributed by atoms with Gasteiger partial charge in [-0.1, -0.05) is 6.07 Å². The molecule has 0 spiro atoms. The summed E-state index contributed by atoms with van der Waals surface area (Å²) in [6.07, 6.45) is 5.86. The molecule has 1 aliphatic carbocycles. The number of pyridine rings is 1. The zero-order valence-electron chi connectivity index (χ0n) is 9.26. The van der Waals surface area contributed by atoms with Crippen molar-refractivity contribution in [2.45, 2.75) is 25.0 Å². The number of methoxy groups -OCH3 is 1. The second-order valence-electron chi connectivity index (χ2n) is 4.43. The summed E-state index contributed by atoms with van der Waals surface area (Å²) in [6, 6.07) is 6.22. The van der Waals surface area contributed by atoms with Gasteiger partial charge in [-0.3, -0.25) is 0 Å². The molecule has 1 N–H and O–H groups in total. The highest BCUT2D eigenvalue weighted by atomic mass is 16.6. The minimum absolute atomic E-state index is 0.752. The lowest BCUT2D eigenvalue weighted by Gasteiger charge is -2.03. The van der Waals surface area contributed by atoms with Crippen molar-refractivity contribution in [2.75, 3.05) is 7.11 Å². The fourth-order valence-corrected chi connectivity index (χ4v) is 2.08. The molecule has 0 radical (unpaired) electrons. The average Bonchev–Trinajstić information content (AvgIpc) is 3.07. The van der Waals surface area contributed by atoms with Crippen LogP contribution in [0.15, 0.2) is 30.6 Å². The highest BCUT2D eigenvalue weighted by Gasteiger charge is 2.23. The van der Waals surface area contributed by atoms with Gasteiger partial charge in [0.05, 0.1) is 0 Å². The second kappa shape index (κ2) is 3.61. The van der Waals surface area contributed by atoms with E-state index < -0.39 is 6.29 Å². The SMILES string of the molecule is COC(O)c1cc2ccc(C3CC3)cn2c1. The largest absolute Gasteiger partial charge is 0.364 e. The molecular weight excluding hydrogens is 202 g/mol. The first-order valence-electron chi connectivity index (χ1n) is 5.60. The molecule has 1 fully saturated rings. The molecule has 84 valence electrons. The van der Waals surface area contributed by atoms with Crippen molar-refractivity contribution in [1.29, 1.82) is 0 Å². The molecule has 0 bridgehead atoms. The number of nitrogens with zero attached hydrogens (tertiary/aromatic N) is 1. The third-order valence-corrected chi connectivity index (χ3v) is 3.19. The fourth-order valence-electron chi connectivity index (χ4n) is 2.08. The molecule has 3 heteroatoms. The van der Waals surface area contributed by atoms with Crippen LogP contribution in [0.25, 0.3) is 5.52 Å². The van der Waals surface area contributed by atoms with Crippen LogP contribution in [0.3, 0.4) is 0 Å². The second-order valence-corrected chi connectivity index (χ2v) is 4.43. The normalized spacial score (nSPS) is 17.9.